The first-order chi connectivity index (χ1) is 7.89. The first kappa shape index (κ1) is 12.1. The van der Waals surface area contributed by atoms with Crippen molar-refractivity contribution in [1.29, 1.82) is 0 Å². The van der Waals surface area contributed by atoms with E-state index >= 15 is 0 Å². The van der Waals surface area contributed by atoms with E-state index in [1.165, 1.54) is 0 Å². The van der Waals surface area contributed by atoms with Gasteiger partial charge in [0.1, 0.15) is 5.82 Å². The van der Waals surface area contributed by atoms with E-state index in [1.54, 1.807) is 4.68 Å². The van der Waals surface area contributed by atoms with Gasteiger partial charge in [0.15, 0.2) is 5.82 Å². The van der Waals surface area contributed by atoms with E-state index in [1.807, 2.05) is 20.9 Å². The molecule has 1 aromatic heterocycles. The van der Waals surface area contributed by atoms with Gasteiger partial charge in [0.2, 0.25) is 0 Å². The summed E-state index contributed by atoms with van der Waals surface area (Å²) in [7, 11) is 1.84. The predicted octanol–water partition coefficient (Wildman–Crippen LogP) is 1.59. The van der Waals surface area contributed by atoms with Crippen molar-refractivity contribution in [3.63, 3.8) is 0 Å². The molecule has 1 fully saturated rings. The summed E-state index contributed by atoms with van der Waals surface area (Å²) in [6.07, 6.45) is 1.85. The second-order valence-electron chi connectivity index (χ2n) is 5.37. The average molecular weight is 237 g/mol. The molecule has 0 aromatic carbocycles. The number of aromatic nitrogens is 3. The van der Waals surface area contributed by atoms with E-state index in [-0.39, 0.29) is 17.3 Å². The fourth-order valence-electron chi connectivity index (χ4n) is 2.63. The van der Waals surface area contributed by atoms with Crippen molar-refractivity contribution in [2.24, 2.45) is 18.4 Å². The van der Waals surface area contributed by atoms with Crippen molar-refractivity contribution < 1.29 is 9.90 Å². The highest BCUT2D eigenvalue weighted by Gasteiger charge is 2.64. The van der Waals surface area contributed by atoms with Crippen LogP contribution in [-0.2, 0) is 18.3 Å². The van der Waals surface area contributed by atoms with Crippen molar-refractivity contribution in [3.8, 4) is 0 Å². The molecule has 5 heteroatoms. The zero-order chi connectivity index (χ0) is 12.8. The standard InChI is InChI=1S/C12H19N3O2/c1-5-6-7-13-10(15(4)14-7)8-9(11(16)17)12(8,2)3/h8-9H,5-6H2,1-4H3,(H,16,17). The summed E-state index contributed by atoms with van der Waals surface area (Å²) >= 11 is 0. The van der Waals surface area contributed by atoms with E-state index in [0.717, 1.165) is 24.5 Å². The quantitative estimate of drug-likeness (QED) is 0.863. The molecule has 1 saturated carbocycles. The highest BCUT2D eigenvalue weighted by Crippen LogP contribution is 2.63. The first-order valence-corrected chi connectivity index (χ1v) is 6.02. The van der Waals surface area contributed by atoms with Gasteiger partial charge in [0, 0.05) is 19.4 Å². The lowest BCUT2D eigenvalue weighted by Gasteiger charge is -2.00. The van der Waals surface area contributed by atoms with Gasteiger partial charge in [-0.05, 0) is 11.8 Å². The molecule has 0 radical (unpaired) electrons. The minimum absolute atomic E-state index is 0.0110. The maximum atomic E-state index is 11.1. The van der Waals surface area contributed by atoms with Crippen LogP contribution in [0.1, 0.15) is 44.8 Å². The maximum Gasteiger partial charge on any atom is 0.307 e. The number of hydrogen-bond acceptors (Lipinski definition) is 3. The monoisotopic (exact) mass is 237 g/mol. The third-order valence-corrected chi connectivity index (χ3v) is 3.69. The fourth-order valence-corrected chi connectivity index (χ4v) is 2.63. The summed E-state index contributed by atoms with van der Waals surface area (Å²) in [6.45, 7) is 6.03. The van der Waals surface area contributed by atoms with Crippen LogP contribution in [-0.4, -0.2) is 25.8 Å². The van der Waals surface area contributed by atoms with Crippen molar-refractivity contribution in [2.45, 2.75) is 39.5 Å². The molecule has 1 N–H and O–H groups in total. The van der Waals surface area contributed by atoms with Gasteiger partial charge in [0.05, 0.1) is 5.92 Å². The smallest absolute Gasteiger partial charge is 0.307 e. The van der Waals surface area contributed by atoms with Gasteiger partial charge in [0.25, 0.3) is 0 Å². The Morgan fingerprint density at radius 3 is 2.65 bits per heavy atom. The van der Waals surface area contributed by atoms with Crippen LogP contribution in [0.2, 0.25) is 0 Å². The van der Waals surface area contributed by atoms with E-state index in [4.69, 9.17) is 5.11 Å². The molecule has 0 saturated heterocycles. The van der Waals surface area contributed by atoms with Gasteiger partial charge >= 0.3 is 5.97 Å². The number of rotatable bonds is 4. The summed E-state index contributed by atoms with van der Waals surface area (Å²) in [4.78, 5) is 15.6. The molecule has 94 valence electrons. The largest absolute Gasteiger partial charge is 0.481 e. The number of hydrogen-bond donors (Lipinski definition) is 1. The molecular formula is C12H19N3O2. The molecule has 0 aliphatic heterocycles. The van der Waals surface area contributed by atoms with E-state index in [0.29, 0.717) is 0 Å². The van der Waals surface area contributed by atoms with Gasteiger partial charge in [-0.1, -0.05) is 20.8 Å². The summed E-state index contributed by atoms with van der Waals surface area (Å²) in [5.74, 6) is 0.547. The average Bonchev–Trinajstić information content (AvgIpc) is 2.58. The van der Waals surface area contributed by atoms with Crippen LogP contribution < -0.4 is 0 Å². The van der Waals surface area contributed by atoms with Crippen LogP contribution >= 0.6 is 0 Å². The normalized spacial score (nSPS) is 25.9. The van der Waals surface area contributed by atoms with Crippen LogP contribution in [0, 0.1) is 11.3 Å². The highest BCUT2D eigenvalue weighted by atomic mass is 16.4. The summed E-state index contributed by atoms with van der Waals surface area (Å²) in [5, 5.41) is 13.5. The molecule has 2 rings (SSSR count). The van der Waals surface area contributed by atoms with Crippen molar-refractivity contribution in [2.75, 3.05) is 0 Å². The Morgan fingerprint density at radius 1 is 1.53 bits per heavy atom. The first-order valence-electron chi connectivity index (χ1n) is 6.02. The van der Waals surface area contributed by atoms with Gasteiger partial charge in [-0.2, -0.15) is 5.10 Å². The van der Waals surface area contributed by atoms with Gasteiger partial charge in [-0.15, -0.1) is 0 Å². The van der Waals surface area contributed by atoms with E-state index in [2.05, 4.69) is 17.0 Å². The molecule has 2 unspecified atom stereocenters. The number of aliphatic carboxylic acids is 1. The SMILES string of the molecule is CCCc1nc(C2C(C(=O)O)C2(C)C)n(C)n1. The molecule has 5 nitrogen and oxygen atoms in total. The Labute approximate surface area is 101 Å². The second kappa shape index (κ2) is 3.82. The maximum absolute atomic E-state index is 11.1. The molecule has 0 bridgehead atoms. The van der Waals surface area contributed by atoms with Crippen molar-refractivity contribution >= 4 is 5.97 Å². The number of aryl methyl sites for hydroxylation is 2. The molecule has 1 aliphatic carbocycles. The minimum Gasteiger partial charge on any atom is -0.481 e. The molecule has 1 aliphatic rings. The lowest BCUT2D eigenvalue weighted by molar-refractivity contribution is -0.139. The van der Waals surface area contributed by atoms with Gasteiger partial charge in [-0.25, -0.2) is 4.98 Å². The Morgan fingerprint density at radius 2 is 2.18 bits per heavy atom. The van der Waals surface area contributed by atoms with Crippen LogP contribution in [0.5, 0.6) is 0 Å². The molecule has 1 heterocycles. The Bertz CT molecular complexity index is 451. The van der Waals surface area contributed by atoms with Crippen LogP contribution in [0.4, 0.5) is 0 Å². The van der Waals surface area contributed by atoms with Crippen LogP contribution in [0.3, 0.4) is 0 Å². The second-order valence-corrected chi connectivity index (χ2v) is 5.37. The summed E-state index contributed by atoms with van der Waals surface area (Å²) < 4.78 is 1.74. The summed E-state index contributed by atoms with van der Waals surface area (Å²) in [6, 6.07) is 0. The van der Waals surface area contributed by atoms with Crippen molar-refractivity contribution in [1.82, 2.24) is 14.8 Å². The summed E-state index contributed by atoms with van der Waals surface area (Å²) in [5.41, 5.74) is -0.212. The predicted molar refractivity (Wildman–Crippen MR) is 62.6 cm³/mol. The van der Waals surface area contributed by atoms with Crippen LogP contribution in [0.25, 0.3) is 0 Å². The van der Waals surface area contributed by atoms with Gasteiger partial charge < -0.3 is 5.11 Å². The van der Waals surface area contributed by atoms with Gasteiger partial charge in [-0.3, -0.25) is 9.48 Å². The Kier molecular flexibility index (Phi) is 2.72. The molecule has 1 aromatic rings. The number of carboxylic acids is 1. The van der Waals surface area contributed by atoms with E-state index in [9.17, 15) is 4.79 Å². The molecule has 17 heavy (non-hydrogen) atoms. The minimum atomic E-state index is -0.736. The zero-order valence-electron chi connectivity index (χ0n) is 10.8. The number of carbonyl (C=O) groups is 1. The lowest BCUT2D eigenvalue weighted by Crippen LogP contribution is -2.04. The molecule has 0 spiro atoms. The highest BCUT2D eigenvalue weighted by molar-refractivity contribution is 5.77. The third kappa shape index (κ3) is 1.83. The topological polar surface area (TPSA) is 68.0 Å². The van der Waals surface area contributed by atoms with E-state index < -0.39 is 5.97 Å². The lowest BCUT2D eigenvalue weighted by atomic mass is 10.1. The number of nitrogens with zero attached hydrogens (tertiary/aromatic N) is 3. The Balaban J connectivity index is 2.27. The van der Waals surface area contributed by atoms with Crippen LogP contribution in [0.15, 0.2) is 0 Å². The fraction of sp³-hybridized carbons (Fsp3) is 0.750. The molecular weight excluding hydrogens is 218 g/mol. The molecule has 2 atom stereocenters. The molecule has 0 amide bonds. The zero-order valence-corrected chi connectivity index (χ0v) is 10.8. The van der Waals surface area contributed by atoms with Crippen molar-refractivity contribution in [3.05, 3.63) is 11.6 Å². The number of carboxylic acid groups (broad SMARTS) is 1. The Hall–Kier alpha value is -1.39. The third-order valence-electron chi connectivity index (χ3n) is 3.69.